The van der Waals surface area contributed by atoms with Gasteiger partial charge in [-0.15, -0.1) is 0 Å². The van der Waals surface area contributed by atoms with Gasteiger partial charge in [0, 0.05) is 31.4 Å². The van der Waals surface area contributed by atoms with E-state index in [0.29, 0.717) is 0 Å². The molecule has 0 saturated carbocycles. The van der Waals surface area contributed by atoms with Gasteiger partial charge in [-0.3, -0.25) is 0 Å². The summed E-state index contributed by atoms with van der Waals surface area (Å²) >= 11 is 0. The van der Waals surface area contributed by atoms with Crippen LogP contribution in [0.4, 0.5) is 10.5 Å². The highest BCUT2D eigenvalue weighted by Crippen LogP contribution is 2.20. The number of nitrogens with zero attached hydrogens (tertiary/aromatic N) is 1. The summed E-state index contributed by atoms with van der Waals surface area (Å²) in [5.74, 6) is 1.49. The molecule has 1 heterocycles. The zero-order chi connectivity index (χ0) is 16.1. The molecule has 4 nitrogen and oxygen atoms in total. The topological polar surface area (TPSA) is 44.4 Å². The first kappa shape index (κ1) is 16.8. The lowest BCUT2D eigenvalue weighted by Gasteiger charge is -2.36. The van der Waals surface area contributed by atoms with E-state index in [1.54, 1.807) is 0 Å². The first-order valence-electron chi connectivity index (χ1n) is 8.29. The third-order valence-corrected chi connectivity index (χ3v) is 4.25. The van der Waals surface area contributed by atoms with Gasteiger partial charge in [-0.25, -0.2) is 4.79 Å². The molecular weight excluding hydrogens is 274 g/mol. The van der Waals surface area contributed by atoms with E-state index in [-0.39, 0.29) is 12.1 Å². The average molecular weight is 303 g/mol. The van der Waals surface area contributed by atoms with Gasteiger partial charge < -0.3 is 15.5 Å². The van der Waals surface area contributed by atoms with E-state index < -0.39 is 0 Å². The quantitative estimate of drug-likeness (QED) is 0.894. The lowest BCUT2D eigenvalue weighted by molar-refractivity contribution is 0.132. The molecule has 1 aliphatic heterocycles. The summed E-state index contributed by atoms with van der Waals surface area (Å²) in [6.45, 7) is 11.9. The lowest BCUT2D eigenvalue weighted by atomic mass is 9.92. The number of para-hydroxylation sites is 1. The van der Waals surface area contributed by atoms with Crippen molar-refractivity contribution in [3.8, 4) is 0 Å². The number of carbonyl (C=O) groups is 1. The summed E-state index contributed by atoms with van der Waals surface area (Å²) < 4.78 is 0. The van der Waals surface area contributed by atoms with E-state index in [1.165, 1.54) is 6.42 Å². The molecule has 0 radical (unpaired) electrons. The van der Waals surface area contributed by atoms with Crippen molar-refractivity contribution in [1.82, 2.24) is 10.2 Å². The Morgan fingerprint density at radius 2 is 1.91 bits per heavy atom. The van der Waals surface area contributed by atoms with Crippen LogP contribution in [0.25, 0.3) is 0 Å². The number of rotatable bonds is 4. The van der Waals surface area contributed by atoms with Crippen molar-refractivity contribution in [2.45, 2.75) is 40.2 Å². The molecule has 0 spiro atoms. The predicted molar refractivity (Wildman–Crippen MR) is 92.2 cm³/mol. The number of benzene rings is 1. The van der Waals surface area contributed by atoms with Crippen molar-refractivity contribution in [2.24, 2.45) is 11.8 Å². The van der Waals surface area contributed by atoms with E-state index >= 15 is 0 Å². The molecule has 2 rings (SSSR count). The number of piperidine rings is 1. The molecule has 0 bridgehead atoms. The standard InChI is InChI=1S/C18H29N3O/c1-13-9-14(2)11-21(10-13)12-16(4)19-18(22)20-17-8-6-5-7-15(17)3/h5-8,13-14,16H,9-12H2,1-4H3,(H2,19,20,22)/t13-,14-,16+/m0/s1. The number of likely N-dealkylation sites (tertiary alicyclic amines) is 1. The maximum Gasteiger partial charge on any atom is 0.319 e. The van der Waals surface area contributed by atoms with Gasteiger partial charge in [0.1, 0.15) is 0 Å². The first-order valence-corrected chi connectivity index (χ1v) is 8.29. The van der Waals surface area contributed by atoms with Gasteiger partial charge in [-0.2, -0.15) is 0 Å². The number of urea groups is 1. The van der Waals surface area contributed by atoms with Gasteiger partial charge in [0.2, 0.25) is 0 Å². The molecule has 2 amide bonds. The second-order valence-electron chi connectivity index (χ2n) is 6.98. The fraction of sp³-hybridized carbons (Fsp3) is 0.611. The zero-order valence-electron chi connectivity index (χ0n) is 14.2. The van der Waals surface area contributed by atoms with Crippen LogP contribution in [0.2, 0.25) is 0 Å². The van der Waals surface area contributed by atoms with Gasteiger partial charge in [-0.05, 0) is 43.7 Å². The first-order chi connectivity index (χ1) is 10.4. The van der Waals surface area contributed by atoms with Gasteiger partial charge >= 0.3 is 6.03 Å². The second-order valence-corrected chi connectivity index (χ2v) is 6.98. The fourth-order valence-electron chi connectivity index (χ4n) is 3.47. The van der Waals surface area contributed by atoms with Crippen LogP contribution in [-0.2, 0) is 0 Å². The molecule has 1 aliphatic rings. The zero-order valence-corrected chi connectivity index (χ0v) is 14.2. The Morgan fingerprint density at radius 3 is 2.55 bits per heavy atom. The molecule has 1 aromatic rings. The molecule has 1 fully saturated rings. The Balaban J connectivity index is 1.80. The molecule has 0 unspecified atom stereocenters. The van der Waals surface area contributed by atoms with E-state index in [0.717, 1.165) is 42.7 Å². The fourth-order valence-corrected chi connectivity index (χ4v) is 3.47. The van der Waals surface area contributed by atoms with Crippen molar-refractivity contribution in [1.29, 1.82) is 0 Å². The Labute approximate surface area is 134 Å². The summed E-state index contributed by atoms with van der Waals surface area (Å²) in [5.41, 5.74) is 1.94. The number of aryl methyl sites for hydroxylation is 1. The van der Waals surface area contributed by atoms with Crippen LogP contribution in [-0.4, -0.2) is 36.6 Å². The second kappa shape index (κ2) is 7.63. The number of amides is 2. The summed E-state index contributed by atoms with van der Waals surface area (Å²) in [6.07, 6.45) is 1.31. The maximum absolute atomic E-state index is 12.1. The molecule has 1 saturated heterocycles. The molecule has 3 atom stereocenters. The summed E-state index contributed by atoms with van der Waals surface area (Å²) in [4.78, 5) is 14.6. The predicted octanol–water partition coefficient (Wildman–Crippen LogP) is 3.48. The minimum absolute atomic E-state index is 0.125. The van der Waals surface area contributed by atoms with Crippen LogP contribution in [0.1, 0.15) is 32.8 Å². The van der Waals surface area contributed by atoms with E-state index in [4.69, 9.17) is 0 Å². The number of hydrogen-bond donors (Lipinski definition) is 2. The molecule has 4 heteroatoms. The van der Waals surface area contributed by atoms with Crippen LogP contribution < -0.4 is 10.6 Å². The highest BCUT2D eigenvalue weighted by molar-refractivity contribution is 5.90. The average Bonchev–Trinajstić information content (AvgIpc) is 2.39. The minimum Gasteiger partial charge on any atom is -0.334 e. The summed E-state index contributed by atoms with van der Waals surface area (Å²) in [6, 6.07) is 7.84. The highest BCUT2D eigenvalue weighted by atomic mass is 16.2. The van der Waals surface area contributed by atoms with Crippen molar-refractivity contribution in [3.05, 3.63) is 29.8 Å². The van der Waals surface area contributed by atoms with Crippen LogP contribution in [0, 0.1) is 18.8 Å². The third kappa shape index (κ3) is 5.02. The smallest absolute Gasteiger partial charge is 0.319 e. The number of anilines is 1. The van der Waals surface area contributed by atoms with Crippen LogP contribution in [0.15, 0.2) is 24.3 Å². The van der Waals surface area contributed by atoms with Crippen molar-refractivity contribution >= 4 is 11.7 Å². The molecule has 22 heavy (non-hydrogen) atoms. The Bertz CT molecular complexity index is 493. The highest BCUT2D eigenvalue weighted by Gasteiger charge is 2.23. The summed E-state index contributed by atoms with van der Waals surface area (Å²) in [5, 5.41) is 5.97. The molecule has 1 aromatic carbocycles. The molecule has 122 valence electrons. The molecule has 0 aliphatic carbocycles. The van der Waals surface area contributed by atoms with Gasteiger partial charge in [0.25, 0.3) is 0 Å². The third-order valence-electron chi connectivity index (χ3n) is 4.25. The number of carbonyl (C=O) groups excluding carboxylic acids is 1. The molecular formula is C18H29N3O. The largest absolute Gasteiger partial charge is 0.334 e. The molecule has 0 aromatic heterocycles. The summed E-state index contributed by atoms with van der Waals surface area (Å²) in [7, 11) is 0. The van der Waals surface area contributed by atoms with Crippen LogP contribution in [0.5, 0.6) is 0 Å². The van der Waals surface area contributed by atoms with Crippen molar-refractivity contribution in [3.63, 3.8) is 0 Å². The van der Waals surface area contributed by atoms with Gasteiger partial charge in [0.15, 0.2) is 0 Å². The van der Waals surface area contributed by atoms with E-state index in [9.17, 15) is 4.79 Å². The van der Waals surface area contributed by atoms with E-state index in [1.807, 2.05) is 31.2 Å². The Morgan fingerprint density at radius 1 is 1.27 bits per heavy atom. The lowest BCUT2D eigenvalue weighted by Crippen LogP contribution is -2.47. The monoisotopic (exact) mass is 303 g/mol. The molecule has 2 N–H and O–H groups in total. The SMILES string of the molecule is Cc1ccccc1NC(=O)N[C@H](C)CN1C[C@@H](C)C[C@H](C)C1. The number of nitrogens with one attached hydrogen (secondary N) is 2. The van der Waals surface area contributed by atoms with Gasteiger partial charge in [-0.1, -0.05) is 32.0 Å². The number of hydrogen-bond acceptors (Lipinski definition) is 2. The van der Waals surface area contributed by atoms with Crippen LogP contribution in [0.3, 0.4) is 0 Å². The van der Waals surface area contributed by atoms with Crippen LogP contribution >= 0.6 is 0 Å². The Kier molecular flexibility index (Phi) is 5.83. The van der Waals surface area contributed by atoms with Crippen molar-refractivity contribution in [2.75, 3.05) is 25.0 Å². The Hall–Kier alpha value is -1.55. The van der Waals surface area contributed by atoms with E-state index in [2.05, 4.69) is 36.3 Å². The maximum atomic E-state index is 12.1. The normalized spacial score (nSPS) is 23.8. The minimum atomic E-state index is -0.125. The van der Waals surface area contributed by atoms with Gasteiger partial charge in [0.05, 0.1) is 0 Å². The van der Waals surface area contributed by atoms with Crippen molar-refractivity contribution < 1.29 is 4.79 Å².